The van der Waals surface area contributed by atoms with Crippen LogP contribution >= 0.6 is 0 Å². The zero-order valence-corrected chi connectivity index (χ0v) is 21.1. The van der Waals surface area contributed by atoms with Crippen LogP contribution in [0.15, 0.2) is 86.9 Å². The van der Waals surface area contributed by atoms with Gasteiger partial charge in [-0.3, -0.25) is 0 Å². The summed E-state index contributed by atoms with van der Waals surface area (Å²) in [4.78, 5) is 25.6. The third-order valence-electron chi connectivity index (χ3n) is 6.02. The molecule has 1 aromatic heterocycles. The summed E-state index contributed by atoms with van der Waals surface area (Å²) in [5, 5.41) is 0.729. The second-order valence-corrected chi connectivity index (χ2v) is 10.3. The number of rotatable bonds is 8. The fourth-order valence-electron chi connectivity index (χ4n) is 3.90. The Morgan fingerprint density at radius 1 is 1.00 bits per heavy atom. The highest BCUT2D eigenvalue weighted by Crippen LogP contribution is 2.26. The Morgan fingerprint density at radius 2 is 1.69 bits per heavy atom. The number of carbonyl (C=O) groups is 1. The van der Waals surface area contributed by atoms with Crippen LogP contribution in [0.3, 0.4) is 0 Å². The summed E-state index contributed by atoms with van der Waals surface area (Å²) >= 11 is 0. The van der Waals surface area contributed by atoms with E-state index in [1.165, 1.54) is 18.2 Å². The first-order chi connectivity index (χ1) is 17.2. The number of hydrogen-bond acceptors (Lipinski definition) is 6. The molecule has 0 unspecified atom stereocenters. The predicted octanol–water partition coefficient (Wildman–Crippen LogP) is 4.66. The molecule has 0 aliphatic carbocycles. The Kier molecular flexibility index (Phi) is 7.37. The summed E-state index contributed by atoms with van der Waals surface area (Å²) in [6, 6.07) is 19.7. The number of carbonyl (C=O) groups excluding carboxylic acids is 1. The predicted molar refractivity (Wildman–Crippen MR) is 138 cm³/mol. The second-order valence-electron chi connectivity index (χ2n) is 8.63. The van der Waals surface area contributed by atoms with Gasteiger partial charge in [-0.25, -0.2) is 18.0 Å². The van der Waals surface area contributed by atoms with Crippen molar-refractivity contribution in [3.05, 3.63) is 105 Å². The van der Waals surface area contributed by atoms with E-state index in [-0.39, 0.29) is 22.6 Å². The minimum atomic E-state index is -3.91. The van der Waals surface area contributed by atoms with Crippen LogP contribution in [0, 0.1) is 13.8 Å². The van der Waals surface area contributed by atoms with Crippen molar-refractivity contribution in [3.8, 4) is 5.75 Å². The molecule has 4 rings (SSSR count). The van der Waals surface area contributed by atoms with Crippen molar-refractivity contribution in [2.45, 2.75) is 44.6 Å². The maximum absolute atomic E-state index is 12.8. The highest BCUT2D eigenvalue weighted by atomic mass is 32.2. The molecule has 0 fully saturated rings. The van der Waals surface area contributed by atoms with Crippen molar-refractivity contribution < 1.29 is 22.4 Å². The molecular formula is C28H27NO6S. The average Bonchev–Trinajstić information content (AvgIpc) is 2.86. The summed E-state index contributed by atoms with van der Waals surface area (Å²) in [6.45, 7) is 5.39. The van der Waals surface area contributed by atoms with Crippen LogP contribution in [-0.4, -0.2) is 20.4 Å². The van der Waals surface area contributed by atoms with Crippen LogP contribution in [0.5, 0.6) is 5.75 Å². The molecule has 3 aromatic carbocycles. The van der Waals surface area contributed by atoms with E-state index in [0.717, 1.165) is 22.1 Å². The average molecular weight is 506 g/mol. The van der Waals surface area contributed by atoms with Gasteiger partial charge < -0.3 is 9.15 Å². The van der Waals surface area contributed by atoms with E-state index in [4.69, 9.17) is 9.15 Å². The van der Waals surface area contributed by atoms with Crippen LogP contribution < -0.4 is 15.1 Å². The SMILES string of the molecule is CC[C@@H](NS(=O)(=O)c1ccc(C)cc1)C(=O)Oc1ccc2c(C)c(Cc3ccccc3)c(=O)oc2c1. The Labute approximate surface area is 209 Å². The van der Waals surface area contributed by atoms with Gasteiger partial charge >= 0.3 is 11.6 Å². The van der Waals surface area contributed by atoms with Gasteiger partial charge in [0.15, 0.2) is 0 Å². The monoisotopic (exact) mass is 505 g/mol. The molecule has 7 nitrogen and oxygen atoms in total. The molecule has 0 amide bonds. The minimum absolute atomic E-state index is 0.0635. The zero-order valence-electron chi connectivity index (χ0n) is 20.3. The van der Waals surface area contributed by atoms with Crippen LogP contribution in [0.4, 0.5) is 0 Å². The van der Waals surface area contributed by atoms with Crippen molar-refractivity contribution >= 4 is 27.0 Å². The molecule has 36 heavy (non-hydrogen) atoms. The molecule has 0 aliphatic rings. The molecule has 0 saturated carbocycles. The molecule has 4 aromatic rings. The Morgan fingerprint density at radius 3 is 2.36 bits per heavy atom. The highest BCUT2D eigenvalue weighted by Gasteiger charge is 2.26. The van der Waals surface area contributed by atoms with Crippen molar-refractivity contribution in [1.82, 2.24) is 4.72 Å². The molecule has 186 valence electrons. The molecule has 0 saturated heterocycles. The topological polar surface area (TPSA) is 103 Å². The molecule has 1 heterocycles. The Balaban J connectivity index is 1.54. The quantitative estimate of drug-likeness (QED) is 0.212. The third-order valence-corrected chi connectivity index (χ3v) is 7.51. The second kappa shape index (κ2) is 10.5. The summed E-state index contributed by atoms with van der Waals surface area (Å²) in [7, 11) is -3.91. The number of esters is 1. The molecule has 0 radical (unpaired) electrons. The normalized spacial score (nSPS) is 12.4. The van der Waals surface area contributed by atoms with Crippen LogP contribution in [0.2, 0.25) is 0 Å². The lowest BCUT2D eigenvalue weighted by Gasteiger charge is -2.16. The highest BCUT2D eigenvalue weighted by molar-refractivity contribution is 7.89. The summed E-state index contributed by atoms with van der Waals surface area (Å²) < 4.78 is 38.8. The number of nitrogens with one attached hydrogen (secondary N) is 1. The number of ether oxygens (including phenoxy) is 1. The molecule has 0 bridgehead atoms. The Bertz CT molecular complexity index is 1560. The van der Waals surface area contributed by atoms with Crippen LogP contribution in [0.25, 0.3) is 11.0 Å². The van der Waals surface area contributed by atoms with Crippen LogP contribution in [-0.2, 0) is 21.2 Å². The van der Waals surface area contributed by atoms with Crippen molar-refractivity contribution in [2.24, 2.45) is 0 Å². The first-order valence-corrected chi connectivity index (χ1v) is 13.1. The van der Waals surface area contributed by atoms with E-state index in [0.29, 0.717) is 12.0 Å². The van der Waals surface area contributed by atoms with E-state index in [9.17, 15) is 18.0 Å². The summed E-state index contributed by atoms with van der Waals surface area (Å²) in [5.41, 5.74) is 3.11. The zero-order chi connectivity index (χ0) is 25.9. The largest absolute Gasteiger partial charge is 0.425 e. The smallest absolute Gasteiger partial charge is 0.340 e. The lowest BCUT2D eigenvalue weighted by atomic mass is 10.00. The van der Waals surface area contributed by atoms with Crippen molar-refractivity contribution in [3.63, 3.8) is 0 Å². The maximum atomic E-state index is 12.8. The van der Waals surface area contributed by atoms with Gasteiger partial charge in [-0.15, -0.1) is 0 Å². The lowest BCUT2D eigenvalue weighted by Crippen LogP contribution is -2.42. The Hall–Kier alpha value is -3.75. The van der Waals surface area contributed by atoms with E-state index in [1.54, 1.807) is 31.2 Å². The van der Waals surface area contributed by atoms with Gasteiger partial charge in [0.05, 0.1) is 4.90 Å². The van der Waals surface area contributed by atoms with Gasteiger partial charge in [0, 0.05) is 23.4 Å². The molecular weight excluding hydrogens is 478 g/mol. The lowest BCUT2D eigenvalue weighted by molar-refractivity contribution is -0.136. The standard InChI is InChI=1S/C28H27NO6S/c1-4-25(29-36(32,33)22-13-10-18(2)11-14-22)28(31)34-21-12-15-23-19(3)24(27(30)35-26(23)17-21)16-20-8-6-5-7-9-20/h5-15,17,25,29H,4,16H2,1-3H3/t25-/m1/s1. The molecule has 1 atom stereocenters. The number of sulfonamides is 1. The van der Waals surface area contributed by atoms with Gasteiger partial charge in [0.2, 0.25) is 10.0 Å². The van der Waals surface area contributed by atoms with Gasteiger partial charge in [-0.05, 0) is 55.7 Å². The third kappa shape index (κ3) is 5.56. The fourth-order valence-corrected chi connectivity index (χ4v) is 5.17. The van der Waals surface area contributed by atoms with Gasteiger partial charge in [0.25, 0.3) is 0 Å². The molecule has 8 heteroatoms. The number of benzene rings is 3. The first-order valence-electron chi connectivity index (χ1n) is 11.6. The molecule has 0 spiro atoms. The van der Waals surface area contributed by atoms with Gasteiger partial charge in [0.1, 0.15) is 17.4 Å². The van der Waals surface area contributed by atoms with Gasteiger partial charge in [-0.2, -0.15) is 4.72 Å². The molecule has 1 N–H and O–H groups in total. The summed E-state index contributed by atoms with van der Waals surface area (Å²) in [6.07, 6.45) is 0.634. The summed E-state index contributed by atoms with van der Waals surface area (Å²) in [5.74, 6) is -0.605. The minimum Gasteiger partial charge on any atom is -0.425 e. The molecule has 0 aliphatic heterocycles. The van der Waals surface area contributed by atoms with Crippen molar-refractivity contribution in [2.75, 3.05) is 0 Å². The van der Waals surface area contributed by atoms with Crippen molar-refractivity contribution in [1.29, 1.82) is 0 Å². The van der Waals surface area contributed by atoms with E-state index >= 15 is 0 Å². The number of fused-ring (bicyclic) bond motifs is 1. The first kappa shape index (κ1) is 25.3. The van der Waals surface area contributed by atoms with E-state index in [2.05, 4.69) is 4.72 Å². The maximum Gasteiger partial charge on any atom is 0.340 e. The number of aryl methyl sites for hydroxylation is 2. The van der Waals surface area contributed by atoms with Crippen LogP contribution in [0.1, 0.15) is 35.6 Å². The fraction of sp³-hybridized carbons (Fsp3) is 0.214. The van der Waals surface area contributed by atoms with Gasteiger partial charge in [-0.1, -0.05) is 55.0 Å². The van der Waals surface area contributed by atoms with E-state index < -0.39 is 27.7 Å². The van der Waals surface area contributed by atoms with E-state index in [1.807, 2.05) is 44.2 Å². The number of hydrogen-bond donors (Lipinski definition) is 1.